The van der Waals surface area contributed by atoms with Crippen LogP contribution in [0, 0.1) is 6.92 Å². The number of nitrogens with one attached hydrogen (secondary N) is 1. The summed E-state index contributed by atoms with van der Waals surface area (Å²) in [5, 5.41) is 2.92. The predicted octanol–water partition coefficient (Wildman–Crippen LogP) is 3.56. The summed E-state index contributed by atoms with van der Waals surface area (Å²) in [5.41, 5.74) is 3.69. The molecule has 0 radical (unpaired) electrons. The average molecular weight is 396 g/mol. The van der Waals surface area contributed by atoms with E-state index in [1.54, 1.807) is 18.2 Å². The van der Waals surface area contributed by atoms with Gasteiger partial charge >= 0.3 is 5.97 Å². The first kappa shape index (κ1) is 20.9. The first-order valence-corrected chi connectivity index (χ1v) is 9.98. The molecule has 1 saturated heterocycles. The summed E-state index contributed by atoms with van der Waals surface area (Å²) >= 11 is 0. The van der Waals surface area contributed by atoms with Crippen molar-refractivity contribution < 1.29 is 14.3 Å². The lowest BCUT2D eigenvalue weighted by Gasteiger charge is -2.38. The second kappa shape index (κ2) is 9.09. The number of methoxy groups -OCH3 is 1. The summed E-state index contributed by atoms with van der Waals surface area (Å²) in [6.45, 7) is 10.4. The Labute approximate surface area is 172 Å². The molecule has 1 heterocycles. The Hall–Kier alpha value is -2.86. The fraction of sp³-hybridized carbons (Fsp3) is 0.391. The van der Waals surface area contributed by atoms with Crippen molar-refractivity contribution >= 4 is 23.3 Å². The Kier molecular flexibility index (Phi) is 6.54. The lowest BCUT2D eigenvalue weighted by atomic mass is 10.1. The highest BCUT2D eigenvalue weighted by molar-refractivity contribution is 6.05. The molecule has 0 aliphatic carbocycles. The second-order valence-electron chi connectivity index (χ2n) is 7.64. The van der Waals surface area contributed by atoms with Gasteiger partial charge in [0.25, 0.3) is 5.91 Å². The number of benzene rings is 2. The minimum atomic E-state index is -0.393. The molecule has 0 unspecified atom stereocenters. The first-order chi connectivity index (χ1) is 13.9. The van der Waals surface area contributed by atoms with Crippen molar-refractivity contribution in [2.45, 2.75) is 26.8 Å². The zero-order valence-corrected chi connectivity index (χ0v) is 17.6. The molecule has 1 N–H and O–H groups in total. The van der Waals surface area contributed by atoms with E-state index in [2.05, 4.69) is 29.0 Å². The van der Waals surface area contributed by atoms with Gasteiger partial charge in [0.05, 0.1) is 12.7 Å². The number of anilines is 2. The summed E-state index contributed by atoms with van der Waals surface area (Å²) in [4.78, 5) is 29.1. The molecule has 6 heteroatoms. The number of amides is 1. The van der Waals surface area contributed by atoms with E-state index in [9.17, 15) is 9.59 Å². The predicted molar refractivity (Wildman–Crippen MR) is 116 cm³/mol. The van der Waals surface area contributed by atoms with E-state index < -0.39 is 5.97 Å². The van der Waals surface area contributed by atoms with E-state index in [1.807, 2.05) is 31.2 Å². The van der Waals surface area contributed by atoms with Crippen molar-refractivity contribution in [2.24, 2.45) is 0 Å². The quantitative estimate of drug-likeness (QED) is 0.785. The van der Waals surface area contributed by atoms with Crippen LogP contribution in [0.25, 0.3) is 0 Å². The molecule has 0 atom stereocenters. The van der Waals surface area contributed by atoms with Crippen molar-refractivity contribution in [1.82, 2.24) is 4.90 Å². The number of esters is 1. The van der Waals surface area contributed by atoms with Gasteiger partial charge in [0.15, 0.2) is 0 Å². The Morgan fingerprint density at radius 1 is 0.966 bits per heavy atom. The average Bonchev–Trinajstić information content (AvgIpc) is 2.74. The number of rotatable bonds is 5. The number of hydrogen-bond donors (Lipinski definition) is 1. The van der Waals surface area contributed by atoms with E-state index in [1.165, 1.54) is 7.11 Å². The zero-order chi connectivity index (χ0) is 21.0. The highest BCUT2D eigenvalue weighted by Gasteiger charge is 2.19. The number of piperazine rings is 1. The zero-order valence-electron chi connectivity index (χ0n) is 17.6. The molecule has 0 saturated carbocycles. The third-order valence-electron chi connectivity index (χ3n) is 5.43. The van der Waals surface area contributed by atoms with E-state index in [0.717, 1.165) is 37.4 Å². The third-order valence-corrected chi connectivity index (χ3v) is 5.43. The van der Waals surface area contributed by atoms with Gasteiger partial charge in [-0.2, -0.15) is 0 Å². The van der Waals surface area contributed by atoms with Crippen molar-refractivity contribution in [1.29, 1.82) is 0 Å². The van der Waals surface area contributed by atoms with E-state index >= 15 is 0 Å². The third kappa shape index (κ3) is 4.95. The van der Waals surface area contributed by atoms with Crippen LogP contribution >= 0.6 is 0 Å². The maximum Gasteiger partial charge on any atom is 0.337 e. The molecular weight excluding hydrogens is 366 g/mol. The number of hydrogen-bond acceptors (Lipinski definition) is 5. The molecule has 1 aliphatic heterocycles. The van der Waals surface area contributed by atoms with Crippen LogP contribution < -0.4 is 10.2 Å². The van der Waals surface area contributed by atoms with Gasteiger partial charge in [-0.05, 0) is 68.8 Å². The SMILES string of the molecule is COC(=O)c1ccc(NC(=O)c2ccc(N3CCN(C(C)C)CC3)cc2)c(C)c1. The van der Waals surface area contributed by atoms with Gasteiger partial charge in [0, 0.05) is 49.2 Å². The second-order valence-corrected chi connectivity index (χ2v) is 7.64. The molecule has 0 aromatic heterocycles. The molecule has 154 valence electrons. The number of carbonyl (C=O) groups excluding carboxylic acids is 2. The van der Waals surface area contributed by atoms with Crippen LogP contribution in [-0.4, -0.2) is 56.1 Å². The van der Waals surface area contributed by atoms with Gasteiger partial charge in [-0.3, -0.25) is 9.69 Å². The maximum atomic E-state index is 12.6. The van der Waals surface area contributed by atoms with Crippen LogP contribution in [0.15, 0.2) is 42.5 Å². The molecule has 1 amide bonds. The largest absolute Gasteiger partial charge is 0.465 e. The smallest absolute Gasteiger partial charge is 0.337 e. The summed E-state index contributed by atoms with van der Waals surface area (Å²) in [5.74, 6) is -0.564. The topological polar surface area (TPSA) is 61.9 Å². The fourth-order valence-electron chi connectivity index (χ4n) is 3.56. The van der Waals surface area contributed by atoms with Crippen LogP contribution in [0.2, 0.25) is 0 Å². The Balaban J connectivity index is 1.63. The van der Waals surface area contributed by atoms with Crippen molar-refractivity contribution in [3.05, 3.63) is 59.2 Å². The Morgan fingerprint density at radius 2 is 1.59 bits per heavy atom. The highest BCUT2D eigenvalue weighted by atomic mass is 16.5. The standard InChI is InChI=1S/C23H29N3O3/c1-16(2)25-11-13-26(14-12-25)20-8-5-18(6-9-20)22(27)24-21-10-7-19(15-17(21)3)23(28)29-4/h5-10,15-16H,11-14H2,1-4H3,(H,24,27). The molecule has 6 nitrogen and oxygen atoms in total. The fourth-order valence-corrected chi connectivity index (χ4v) is 3.56. The number of ether oxygens (including phenoxy) is 1. The number of carbonyl (C=O) groups is 2. The normalized spacial score (nSPS) is 14.7. The highest BCUT2D eigenvalue weighted by Crippen LogP contribution is 2.21. The van der Waals surface area contributed by atoms with Crippen LogP contribution in [0.3, 0.4) is 0 Å². The Morgan fingerprint density at radius 3 is 2.14 bits per heavy atom. The van der Waals surface area contributed by atoms with Gasteiger partial charge < -0.3 is 15.0 Å². The van der Waals surface area contributed by atoms with Gasteiger partial charge in [-0.15, -0.1) is 0 Å². The van der Waals surface area contributed by atoms with Crippen LogP contribution in [-0.2, 0) is 4.74 Å². The van der Waals surface area contributed by atoms with Gasteiger partial charge in [0.2, 0.25) is 0 Å². The first-order valence-electron chi connectivity index (χ1n) is 9.98. The summed E-state index contributed by atoms with van der Waals surface area (Å²) < 4.78 is 4.73. The Bertz CT molecular complexity index is 869. The molecule has 29 heavy (non-hydrogen) atoms. The van der Waals surface area contributed by atoms with E-state index in [4.69, 9.17) is 4.74 Å². The number of nitrogens with zero attached hydrogens (tertiary/aromatic N) is 2. The van der Waals surface area contributed by atoms with Gasteiger partial charge in [-0.1, -0.05) is 0 Å². The van der Waals surface area contributed by atoms with Crippen molar-refractivity contribution in [3.63, 3.8) is 0 Å². The molecule has 3 rings (SSSR count). The van der Waals surface area contributed by atoms with Gasteiger partial charge in [0.1, 0.15) is 0 Å². The van der Waals surface area contributed by atoms with Crippen LogP contribution in [0.4, 0.5) is 11.4 Å². The molecule has 0 spiro atoms. The van der Waals surface area contributed by atoms with Crippen LogP contribution in [0.5, 0.6) is 0 Å². The summed E-state index contributed by atoms with van der Waals surface area (Å²) in [6.07, 6.45) is 0. The molecule has 2 aromatic rings. The van der Waals surface area contributed by atoms with E-state index in [0.29, 0.717) is 22.9 Å². The number of aryl methyl sites for hydroxylation is 1. The van der Waals surface area contributed by atoms with Crippen molar-refractivity contribution in [3.8, 4) is 0 Å². The maximum absolute atomic E-state index is 12.6. The lowest BCUT2D eigenvalue weighted by molar-refractivity contribution is 0.0600. The monoisotopic (exact) mass is 395 g/mol. The summed E-state index contributed by atoms with van der Waals surface area (Å²) in [6, 6.07) is 13.4. The summed E-state index contributed by atoms with van der Waals surface area (Å²) in [7, 11) is 1.35. The molecule has 0 bridgehead atoms. The minimum absolute atomic E-state index is 0.171. The lowest BCUT2D eigenvalue weighted by Crippen LogP contribution is -2.48. The minimum Gasteiger partial charge on any atom is -0.465 e. The van der Waals surface area contributed by atoms with E-state index in [-0.39, 0.29) is 5.91 Å². The molecular formula is C23H29N3O3. The molecule has 1 aliphatic rings. The molecule has 2 aromatic carbocycles. The molecule has 1 fully saturated rings. The van der Waals surface area contributed by atoms with Crippen LogP contribution in [0.1, 0.15) is 40.1 Å². The van der Waals surface area contributed by atoms with Crippen molar-refractivity contribution in [2.75, 3.05) is 43.5 Å². The van der Waals surface area contributed by atoms with Gasteiger partial charge in [-0.25, -0.2) is 4.79 Å².